The molecule has 2 heterocycles. The zero-order valence-electron chi connectivity index (χ0n) is 12.7. The molecule has 2 aromatic rings. The second kappa shape index (κ2) is 6.29. The van der Waals surface area contributed by atoms with E-state index in [1.54, 1.807) is 0 Å². The van der Waals surface area contributed by atoms with Gasteiger partial charge in [0.15, 0.2) is 0 Å². The lowest BCUT2D eigenvalue weighted by molar-refractivity contribution is 0.0945. The Morgan fingerprint density at radius 3 is 2.88 bits per heavy atom. The van der Waals surface area contributed by atoms with Crippen molar-refractivity contribution in [3.63, 3.8) is 0 Å². The number of benzene rings is 1. The van der Waals surface area contributed by atoms with Crippen LogP contribution in [0.1, 0.15) is 16.1 Å². The zero-order valence-corrected chi connectivity index (χ0v) is 14.2. The minimum Gasteiger partial charge on any atom is -0.495 e. The van der Waals surface area contributed by atoms with Gasteiger partial charge in [0.25, 0.3) is 15.9 Å². The highest BCUT2D eigenvalue weighted by Crippen LogP contribution is 2.29. The molecule has 1 amide bonds. The minimum absolute atomic E-state index is 0.0975. The summed E-state index contributed by atoms with van der Waals surface area (Å²) >= 11 is 5.88. The quantitative estimate of drug-likeness (QED) is 0.859. The van der Waals surface area contributed by atoms with Crippen molar-refractivity contribution in [2.75, 3.05) is 18.4 Å². The zero-order chi connectivity index (χ0) is 17.3. The molecule has 1 aliphatic rings. The number of rotatable bonds is 4. The molecule has 1 aliphatic heterocycles. The second-order valence-corrected chi connectivity index (χ2v) is 7.21. The molecule has 0 atom stereocenters. The number of hydrogen-bond donors (Lipinski definition) is 2. The van der Waals surface area contributed by atoms with Gasteiger partial charge in [0, 0.05) is 18.0 Å². The summed E-state index contributed by atoms with van der Waals surface area (Å²) in [5, 5.41) is 2.96. The first-order chi connectivity index (χ1) is 11.4. The number of pyridine rings is 1. The minimum atomic E-state index is -3.95. The summed E-state index contributed by atoms with van der Waals surface area (Å²) in [6, 6.07) is 5.76. The van der Waals surface area contributed by atoms with E-state index in [-0.39, 0.29) is 27.3 Å². The number of halogens is 1. The summed E-state index contributed by atoms with van der Waals surface area (Å²) in [6.45, 7) is 0.517. The van der Waals surface area contributed by atoms with Crippen molar-refractivity contribution in [2.24, 2.45) is 0 Å². The monoisotopic (exact) mass is 367 g/mol. The fraction of sp³-hybridized carbons (Fsp3) is 0.200. The molecule has 24 heavy (non-hydrogen) atoms. The first kappa shape index (κ1) is 16.5. The highest BCUT2D eigenvalue weighted by Gasteiger charge is 2.23. The van der Waals surface area contributed by atoms with Crippen LogP contribution in [-0.2, 0) is 16.4 Å². The van der Waals surface area contributed by atoms with Crippen LogP contribution in [0.3, 0.4) is 0 Å². The van der Waals surface area contributed by atoms with E-state index in [2.05, 4.69) is 15.0 Å². The smallest absolute Gasteiger partial charge is 0.265 e. The molecule has 1 aromatic heterocycles. The van der Waals surface area contributed by atoms with E-state index in [0.717, 1.165) is 0 Å². The number of fused-ring (bicyclic) bond motifs is 1. The van der Waals surface area contributed by atoms with Crippen molar-refractivity contribution in [1.29, 1.82) is 0 Å². The number of sulfonamides is 1. The number of anilines is 1. The number of hydrogen-bond acceptors (Lipinski definition) is 5. The number of ether oxygens (including phenoxy) is 1. The highest BCUT2D eigenvalue weighted by molar-refractivity contribution is 7.92. The van der Waals surface area contributed by atoms with Crippen molar-refractivity contribution in [3.8, 4) is 5.75 Å². The van der Waals surface area contributed by atoms with Crippen LogP contribution in [0, 0.1) is 0 Å². The number of methoxy groups -OCH3 is 1. The first-order valence-electron chi connectivity index (χ1n) is 7.04. The maximum atomic E-state index is 12.6. The molecular weight excluding hydrogens is 354 g/mol. The fourth-order valence-corrected chi connectivity index (χ4v) is 3.87. The normalized spacial score (nSPS) is 13.8. The van der Waals surface area contributed by atoms with Crippen molar-refractivity contribution >= 4 is 33.2 Å². The average molecular weight is 368 g/mol. The van der Waals surface area contributed by atoms with Gasteiger partial charge in [-0.05, 0) is 24.3 Å². The Bertz CT molecular complexity index is 915. The third-order valence-corrected chi connectivity index (χ3v) is 5.17. The van der Waals surface area contributed by atoms with E-state index >= 15 is 0 Å². The second-order valence-electron chi connectivity index (χ2n) is 5.12. The van der Waals surface area contributed by atoms with Crippen molar-refractivity contribution in [3.05, 3.63) is 46.7 Å². The van der Waals surface area contributed by atoms with Gasteiger partial charge in [0.2, 0.25) is 0 Å². The number of carbonyl (C=O) groups excluding carboxylic acids is 1. The lowest BCUT2D eigenvalue weighted by Gasteiger charge is -2.17. The van der Waals surface area contributed by atoms with E-state index in [4.69, 9.17) is 16.3 Å². The van der Waals surface area contributed by atoms with Crippen LogP contribution in [0.4, 0.5) is 5.69 Å². The fourth-order valence-electron chi connectivity index (χ4n) is 2.41. The number of carbonyl (C=O) groups is 1. The molecule has 9 heteroatoms. The van der Waals surface area contributed by atoms with E-state index in [0.29, 0.717) is 24.2 Å². The molecule has 126 valence electrons. The molecule has 2 N–H and O–H groups in total. The van der Waals surface area contributed by atoms with Gasteiger partial charge in [0.1, 0.15) is 10.6 Å². The molecule has 0 spiro atoms. The predicted molar refractivity (Wildman–Crippen MR) is 89.1 cm³/mol. The summed E-state index contributed by atoms with van der Waals surface area (Å²) in [4.78, 5) is 15.9. The largest absolute Gasteiger partial charge is 0.495 e. The molecule has 0 saturated heterocycles. The van der Waals surface area contributed by atoms with Gasteiger partial charge >= 0.3 is 0 Å². The number of aromatic nitrogens is 1. The standard InChI is InChI=1S/C15H14ClN3O4S/c1-23-13-3-2-9(16)6-14(13)24(21,22)19-10-7-11-12(18-8-10)4-5-17-15(11)20/h2-3,6-8,19H,4-5H2,1H3,(H,17,20). The van der Waals surface area contributed by atoms with Crippen LogP contribution < -0.4 is 14.8 Å². The van der Waals surface area contributed by atoms with Gasteiger partial charge in [-0.15, -0.1) is 0 Å². The Hall–Kier alpha value is -2.32. The van der Waals surface area contributed by atoms with Crippen LogP contribution in [-0.4, -0.2) is 33.0 Å². The lowest BCUT2D eigenvalue weighted by Crippen LogP contribution is -2.32. The molecular formula is C15H14ClN3O4S. The van der Waals surface area contributed by atoms with Crippen molar-refractivity contribution < 1.29 is 17.9 Å². The van der Waals surface area contributed by atoms with Crippen molar-refractivity contribution in [1.82, 2.24) is 10.3 Å². The summed E-state index contributed by atoms with van der Waals surface area (Å²) in [5.74, 6) is -0.110. The Morgan fingerprint density at radius 2 is 2.12 bits per heavy atom. The van der Waals surface area contributed by atoms with Crippen LogP contribution >= 0.6 is 11.6 Å². The predicted octanol–water partition coefficient (Wildman–Crippen LogP) is 1.83. The van der Waals surface area contributed by atoms with E-state index < -0.39 is 10.0 Å². The van der Waals surface area contributed by atoms with Crippen molar-refractivity contribution in [2.45, 2.75) is 11.3 Å². The summed E-state index contributed by atoms with van der Waals surface area (Å²) < 4.78 is 32.7. The molecule has 0 aliphatic carbocycles. The van der Waals surface area contributed by atoms with Crippen LogP contribution in [0.2, 0.25) is 5.02 Å². The number of amides is 1. The summed E-state index contributed by atoms with van der Waals surface area (Å²) in [6.07, 6.45) is 1.99. The number of nitrogens with zero attached hydrogens (tertiary/aromatic N) is 1. The highest BCUT2D eigenvalue weighted by atomic mass is 35.5. The molecule has 3 rings (SSSR count). The average Bonchev–Trinajstić information content (AvgIpc) is 2.55. The number of nitrogens with one attached hydrogen (secondary N) is 2. The van der Waals surface area contributed by atoms with Crippen LogP contribution in [0.5, 0.6) is 5.75 Å². The molecule has 0 fully saturated rings. The van der Waals surface area contributed by atoms with Crippen LogP contribution in [0.25, 0.3) is 0 Å². The van der Waals surface area contributed by atoms with Gasteiger partial charge in [-0.1, -0.05) is 11.6 Å². The SMILES string of the molecule is COc1ccc(Cl)cc1S(=O)(=O)Nc1cnc2c(c1)C(=O)NCC2. The molecule has 7 nitrogen and oxygen atoms in total. The molecule has 0 saturated carbocycles. The third kappa shape index (κ3) is 3.15. The Morgan fingerprint density at radius 1 is 1.33 bits per heavy atom. The first-order valence-corrected chi connectivity index (χ1v) is 8.90. The van der Waals surface area contributed by atoms with Crippen LogP contribution in [0.15, 0.2) is 35.4 Å². The summed E-state index contributed by atoms with van der Waals surface area (Å²) in [5.41, 5.74) is 1.19. The summed E-state index contributed by atoms with van der Waals surface area (Å²) in [7, 11) is -2.59. The topological polar surface area (TPSA) is 97.4 Å². The van der Waals surface area contributed by atoms with E-state index in [9.17, 15) is 13.2 Å². The van der Waals surface area contributed by atoms with E-state index in [1.165, 1.54) is 37.6 Å². The van der Waals surface area contributed by atoms with Gasteiger partial charge in [0.05, 0.1) is 30.3 Å². The van der Waals surface area contributed by atoms with Gasteiger partial charge < -0.3 is 10.1 Å². The van der Waals surface area contributed by atoms with E-state index in [1.807, 2.05) is 0 Å². The molecule has 0 bridgehead atoms. The Labute approximate surface area is 144 Å². The third-order valence-electron chi connectivity index (χ3n) is 3.53. The maximum Gasteiger partial charge on any atom is 0.265 e. The lowest BCUT2D eigenvalue weighted by atomic mass is 10.1. The van der Waals surface area contributed by atoms with Gasteiger partial charge in [-0.2, -0.15) is 0 Å². The Kier molecular flexibility index (Phi) is 4.33. The molecule has 0 radical (unpaired) electrons. The van der Waals surface area contributed by atoms with Gasteiger partial charge in [-0.3, -0.25) is 14.5 Å². The molecule has 0 unspecified atom stereocenters. The Balaban J connectivity index is 1.97. The van der Waals surface area contributed by atoms with Gasteiger partial charge in [-0.25, -0.2) is 8.42 Å². The maximum absolute atomic E-state index is 12.6. The molecule has 1 aromatic carbocycles.